The summed E-state index contributed by atoms with van der Waals surface area (Å²) in [7, 11) is 0. The van der Waals surface area contributed by atoms with Crippen LogP contribution in [0.2, 0.25) is 5.02 Å². The lowest BCUT2D eigenvalue weighted by molar-refractivity contribution is -0.119. The summed E-state index contributed by atoms with van der Waals surface area (Å²) in [6.07, 6.45) is 0.804. The SMILES string of the molecule is O=C(Nc1cc(F)ccc1Cl)C1CCNC1. The average molecular weight is 243 g/mol. The van der Waals surface area contributed by atoms with Crippen LogP contribution in [-0.2, 0) is 4.79 Å². The van der Waals surface area contributed by atoms with Crippen LogP contribution in [-0.4, -0.2) is 19.0 Å². The Labute approximate surface area is 98.0 Å². The third-order valence-electron chi connectivity index (χ3n) is 2.62. The van der Waals surface area contributed by atoms with Crippen LogP contribution in [0.25, 0.3) is 0 Å². The second-order valence-corrected chi connectivity index (χ2v) is 4.21. The van der Waals surface area contributed by atoms with Crippen LogP contribution in [0.4, 0.5) is 10.1 Å². The molecular formula is C11H12ClFN2O. The molecule has 1 aliphatic rings. The number of benzene rings is 1. The number of rotatable bonds is 2. The first-order chi connectivity index (χ1) is 7.66. The van der Waals surface area contributed by atoms with Crippen molar-refractivity contribution in [2.24, 2.45) is 5.92 Å². The van der Waals surface area contributed by atoms with Crippen LogP contribution in [0.15, 0.2) is 18.2 Å². The van der Waals surface area contributed by atoms with Gasteiger partial charge in [-0.25, -0.2) is 4.39 Å². The molecule has 3 nitrogen and oxygen atoms in total. The van der Waals surface area contributed by atoms with Gasteiger partial charge in [0.15, 0.2) is 0 Å². The molecule has 0 bridgehead atoms. The van der Waals surface area contributed by atoms with E-state index in [1.54, 1.807) is 0 Å². The summed E-state index contributed by atoms with van der Waals surface area (Å²) in [6.45, 7) is 1.51. The Hall–Kier alpha value is -1.13. The minimum atomic E-state index is -0.413. The van der Waals surface area contributed by atoms with Crippen LogP contribution in [0.1, 0.15) is 6.42 Å². The highest BCUT2D eigenvalue weighted by Crippen LogP contribution is 2.23. The smallest absolute Gasteiger partial charge is 0.228 e. The average Bonchev–Trinajstić information content (AvgIpc) is 2.76. The minimum Gasteiger partial charge on any atom is -0.324 e. The van der Waals surface area contributed by atoms with E-state index in [4.69, 9.17) is 11.6 Å². The third kappa shape index (κ3) is 2.51. The zero-order valence-corrected chi connectivity index (χ0v) is 9.35. The van der Waals surface area contributed by atoms with E-state index in [0.717, 1.165) is 13.0 Å². The van der Waals surface area contributed by atoms with Crippen molar-refractivity contribution >= 4 is 23.2 Å². The Morgan fingerprint density at radius 1 is 1.56 bits per heavy atom. The van der Waals surface area contributed by atoms with Crippen molar-refractivity contribution in [1.29, 1.82) is 0 Å². The monoisotopic (exact) mass is 242 g/mol. The molecule has 1 aromatic carbocycles. The van der Waals surface area contributed by atoms with Crippen molar-refractivity contribution in [2.45, 2.75) is 6.42 Å². The summed E-state index contributed by atoms with van der Waals surface area (Å²) >= 11 is 5.85. The number of anilines is 1. The van der Waals surface area contributed by atoms with E-state index in [0.29, 0.717) is 17.3 Å². The zero-order valence-electron chi connectivity index (χ0n) is 8.59. The first-order valence-electron chi connectivity index (χ1n) is 5.13. The zero-order chi connectivity index (χ0) is 11.5. The van der Waals surface area contributed by atoms with Crippen molar-refractivity contribution in [1.82, 2.24) is 5.32 Å². The first kappa shape index (κ1) is 11.4. The molecule has 0 radical (unpaired) electrons. The normalized spacial score (nSPS) is 19.8. The molecule has 2 N–H and O–H groups in total. The van der Waals surface area contributed by atoms with Gasteiger partial charge < -0.3 is 10.6 Å². The molecule has 1 aromatic rings. The van der Waals surface area contributed by atoms with Gasteiger partial charge in [-0.2, -0.15) is 0 Å². The number of hydrogen-bond acceptors (Lipinski definition) is 2. The standard InChI is InChI=1S/C11H12ClFN2O/c12-9-2-1-8(13)5-10(9)15-11(16)7-3-4-14-6-7/h1-2,5,7,14H,3-4,6H2,(H,15,16). The number of amides is 1. The number of carbonyl (C=O) groups is 1. The lowest BCUT2D eigenvalue weighted by Gasteiger charge is -2.11. The molecule has 1 heterocycles. The van der Waals surface area contributed by atoms with E-state index in [1.165, 1.54) is 18.2 Å². The molecule has 86 valence electrons. The fraction of sp³-hybridized carbons (Fsp3) is 0.364. The third-order valence-corrected chi connectivity index (χ3v) is 2.95. The van der Waals surface area contributed by atoms with E-state index >= 15 is 0 Å². The summed E-state index contributed by atoms with van der Waals surface area (Å²) < 4.78 is 13.0. The van der Waals surface area contributed by atoms with Gasteiger partial charge in [-0.3, -0.25) is 4.79 Å². The van der Waals surface area contributed by atoms with Gasteiger partial charge in [-0.15, -0.1) is 0 Å². The number of halogens is 2. The maximum atomic E-state index is 13.0. The van der Waals surface area contributed by atoms with Crippen molar-refractivity contribution in [3.05, 3.63) is 29.0 Å². The van der Waals surface area contributed by atoms with Crippen LogP contribution >= 0.6 is 11.6 Å². The van der Waals surface area contributed by atoms with Gasteiger partial charge in [-0.1, -0.05) is 11.6 Å². The van der Waals surface area contributed by atoms with Crippen LogP contribution in [0.3, 0.4) is 0 Å². The second-order valence-electron chi connectivity index (χ2n) is 3.80. The first-order valence-corrected chi connectivity index (χ1v) is 5.51. The molecule has 1 amide bonds. The Balaban J connectivity index is 2.07. The Kier molecular flexibility index (Phi) is 3.41. The van der Waals surface area contributed by atoms with Gasteiger partial charge >= 0.3 is 0 Å². The van der Waals surface area contributed by atoms with E-state index in [1.807, 2.05) is 0 Å². The van der Waals surface area contributed by atoms with Crippen LogP contribution in [0.5, 0.6) is 0 Å². The van der Waals surface area contributed by atoms with Gasteiger partial charge in [0.2, 0.25) is 5.91 Å². The summed E-state index contributed by atoms with van der Waals surface area (Å²) in [4.78, 5) is 11.7. The van der Waals surface area contributed by atoms with Crippen molar-refractivity contribution in [3.63, 3.8) is 0 Å². The van der Waals surface area contributed by atoms with Gasteiger partial charge in [-0.05, 0) is 31.2 Å². The lowest BCUT2D eigenvalue weighted by Crippen LogP contribution is -2.24. The quantitative estimate of drug-likeness (QED) is 0.833. The number of hydrogen-bond donors (Lipinski definition) is 2. The maximum absolute atomic E-state index is 13.0. The van der Waals surface area contributed by atoms with Gasteiger partial charge in [0.25, 0.3) is 0 Å². The van der Waals surface area contributed by atoms with Gasteiger partial charge in [0, 0.05) is 6.54 Å². The summed E-state index contributed by atoms with van der Waals surface area (Å²) in [6, 6.07) is 3.91. The molecular weight excluding hydrogens is 231 g/mol. The molecule has 2 rings (SSSR count). The predicted molar refractivity (Wildman–Crippen MR) is 61.0 cm³/mol. The molecule has 0 aliphatic carbocycles. The Bertz CT molecular complexity index is 405. The Morgan fingerprint density at radius 2 is 2.38 bits per heavy atom. The van der Waals surface area contributed by atoms with Crippen LogP contribution in [0, 0.1) is 11.7 Å². The summed E-state index contributed by atoms with van der Waals surface area (Å²) in [5.41, 5.74) is 0.332. The molecule has 1 atom stereocenters. The van der Waals surface area contributed by atoms with Gasteiger partial charge in [0.1, 0.15) is 5.82 Å². The molecule has 0 aromatic heterocycles. The molecule has 1 aliphatic heterocycles. The highest BCUT2D eigenvalue weighted by atomic mass is 35.5. The molecule has 1 fully saturated rings. The highest BCUT2D eigenvalue weighted by Gasteiger charge is 2.22. The van der Waals surface area contributed by atoms with Gasteiger partial charge in [0.05, 0.1) is 16.6 Å². The molecule has 0 saturated carbocycles. The molecule has 1 saturated heterocycles. The fourth-order valence-electron chi connectivity index (χ4n) is 1.71. The van der Waals surface area contributed by atoms with E-state index in [9.17, 15) is 9.18 Å². The van der Waals surface area contributed by atoms with E-state index in [-0.39, 0.29) is 11.8 Å². The largest absolute Gasteiger partial charge is 0.324 e. The van der Waals surface area contributed by atoms with E-state index < -0.39 is 5.82 Å². The van der Waals surface area contributed by atoms with Crippen molar-refractivity contribution in [3.8, 4) is 0 Å². The number of carbonyl (C=O) groups excluding carboxylic acids is 1. The topological polar surface area (TPSA) is 41.1 Å². The van der Waals surface area contributed by atoms with E-state index in [2.05, 4.69) is 10.6 Å². The van der Waals surface area contributed by atoms with Crippen LogP contribution < -0.4 is 10.6 Å². The summed E-state index contributed by atoms with van der Waals surface area (Å²) in [5.74, 6) is -0.582. The second kappa shape index (κ2) is 4.80. The van der Waals surface area contributed by atoms with Crippen molar-refractivity contribution < 1.29 is 9.18 Å². The molecule has 1 unspecified atom stereocenters. The summed E-state index contributed by atoms with van der Waals surface area (Å²) in [5, 5.41) is 6.09. The highest BCUT2D eigenvalue weighted by molar-refractivity contribution is 6.33. The lowest BCUT2D eigenvalue weighted by atomic mass is 10.1. The molecule has 0 spiro atoms. The van der Waals surface area contributed by atoms with Crippen molar-refractivity contribution in [2.75, 3.05) is 18.4 Å². The fourth-order valence-corrected chi connectivity index (χ4v) is 1.87. The Morgan fingerprint density at radius 3 is 3.06 bits per heavy atom. The molecule has 5 heteroatoms. The molecule has 16 heavy (non-hydrogen) atoms. The minimum absolute atomic E-state index is 0.0562. The number of nitrogens with one attached hydrogen (secondary N) is 2. The maximum Gasteiger partial charge on any atom is 0.228 e. The predicted octanol–water partition coefficient (Wildman–Crippen LogP) is 2.03.